The van der Waals surface area contributed by atoms with Crippen molar-refractivity contribution in [3.63, 3.8) is 0 Å². The van der Waals surface area contributed by atoms with E-state index in [1.165, 1.54) is 17.8 Å². The molecule has 0 atom stereocenters. The Kier molecular flexibility index (Phi) is 7.55. The number of hydrogen-bond acceptors (Lipinski definition) is 3. The minimum absolute atomic E-state index is 0. The van der Waals surface area contributed by atoms with Gasteiger partial charge in [-0.3, -0.25) is 0 Å². The predicted molar refractivity (Wildman–Crippen MR) is 79.7 cm³/mol. The third-order valence-electron chi connectivity index (χ3n) is 2.30. The number of halogens is 3. The van der Waals surface area contributed by atoms with Gasteiger partial charge in [0.1, 0.15) is 0 Å². The number of nitrogens with two attached hydrogens (primary N) is 1. The maximum absolute atomic E-state index is 13.0. The topological polar surface area (TPSA) is 52.3 Å². The number of thiophene rings is 1. The first-order valence-corrected chi connectivity index (χ1v) is 7.54. The van der Waals surface area contributed by atoms with Crippen molar-refractivity contribution in [1.29, 1.82) is 0 Å². The van der Waals surface area contributed by atoms with Crippen LogP contribution in [-0.4, -0.2) is 11.4 Å². The highest BCUT2D eigenvalue weighted by Gasteiger charge is 2.04. The standard InChI is InChI=1S/C13H11F2N3S2.BrH/c14-11-4-3-9(6-12(11)15)8-20-13(16)18-17-7-10-2-1-5-19-10;/h1-7H,8H2,(H2,16,18);1H. The molecule has 0 aliphatic carbocycles. The summed E-state index contributed by atoms with van der Waals surface area (Å²) in [7, 11) is 0. The molecule has 3 N–H and O–H groups in total. The molecule has 0 unspecified atom stereocenters. The average molecular weight is 392 g/mol. The van der Waals surface area contributed by atoms with E-state index in [0.717, 1.165) is 17.0 Å². The Morgan fingerprint density at radius 3 is 2.81 bits per heavy atom. The van der Waals surface area contributed by atoms with E-state index in [1.807, 2.05) is 17.5 Å². The summed E-state index contributed by atoms with van der Waals surface area (Å²) in [4.78, 5) is 1.03. The van der Waals surface area contributed by atoms with Crippen LogP contribution < -0.4 is 27.8 Å². The number of thioether (sulfide) groups is 1. The van der Waals surface area contributed by atoms with E-state index in [9.17, 15) is 8.78 Å². The molecule has 8 heteroatoms. The van der Waals surface area contributed by atoms with Crippen LogP contribution in [-0.2, 0) is 5.75 Å². The van der Waals surface area contributed by atoms with Crippen molar-refractivity contribution in [3.05, 3.63) is 57.8 Å². The lowest BCUT2D eigenvalue weighted by Gasteiger charge is -2.00. The van der Waals surface area contributed by atoms with Crippen LogP contribution in [0.2, 0.25) is 0 Å². The lowest BCUT2D eigenvalue weighted by molar-refractivity contribution is -0.455. The Morgan fingerprint density at radius 2 is 2.14 bits per heavy atom. The fraction of sp³-hybridized carbons (Fsp3) is 0.0769. The second-order valence-corrected chi connectivity index (χ2v) is 5.75. The Hall–Kier alpha value is -1.25. The Bertz CT molecular complexity index is 630. The summed E-state index contributed by atoms with van der Waals surface area (Å²) in [5.74, 6) is -1.29. The third-order valence-corrected chi connectivity index (χ3v) is 3.98. The molecule has 0 fully saturated rings. The van der Waals surface area contributed by atoms with Gasteiger partial charge in [0.2, 0.25) is 11.4 Å². The summed E-state index contributed by atoms with van der Waals surface area (Å²) in [5, 5.41) is 8.96. The van der Waals surface area contributed by atoms with Crippen LogP contribution in [0.4, 0.5) is 8.78 Å². The molecule has 0 saturated heterocycles. The van der Waals surface area contributed by atoms with Gasteiger partial charge in [-0.15, -0.1) is 16.4 Å². The summed E-state index contributed by atoms with van der Waals surface area (Å²) in [6.45, 7) is 0. The molecule has 21 heavy (non-hydrogen) atoms. The van der Waals surface area contributed by atoms with Crippen LogP contribution in [0.3, 0.4) is 0 Å². The van der Waals surface area contributed by atoms with E-state index in [0.29, 0.717) is 16.5 Å². The summed E-state index contributed by atoms with van der Waals surface area (Å²) in [6, 6.07) is 7.65. The number of nitrogens with zero attached hydrogens (tertiary/aromatic N) is 1. The molecule has 0 spiro atoms. The van der Waals surface area contributed by atoms with Crippen LogP contribution in [0, 0.1) is 11.6 Å². The number of amidine groups is 1. The van der Waals surface area contributed by atoms with Gasteiger partial charge in [0.15, 0.2) is 11.6 Å². The Morgan fingerprint density at radius 1 is 1.33 bits per heavy atom. The van der Waals surface area contributed by atoms with Crippen molar-refractivity contribution in [2.24, 2.45) is 10.8 Å². The van der Waals surface area contributed by atoms with Crippen LogP contribution in [0.1, 0.15) is 10.4 Å². The highest BCUT2D eigenvalue weighted by Crippen LogP contribution is 2.14. The van der Waals surface area contributed by atoms with Crippen LogP contribution in [0.25, 0.3) is 0 Å². The molecule has 0 radical (unpaired) electrons. The smallest absolute Gasteiger partial charge is 0.226 e. The van der Waals surface area contributed by atoms with Gasteiger partial charge in [-0.05, 0) is 29.1 Å². The molecule has 0 amide bonds. The number of benzene rings is 1. The van der Waals surface area contributed by atoms with Crippen LogP contribution in [0.5, 0.6) is 0 Å². The number of rotatable bonds is 4. The van der Waals surface area contributed by atoms with Gasteiger partial charge in [-0.2, -0.15) is 0 Å². The maximum Gasteiger partial charge on any atom is 0.226 e. The molecule has 1 aromatic carbocycles. The van der Waals surface area contributed by atoms with E-state index in [2.05, 4.69) is 10.2 Å². The molecule has 3 nitrogen and oxygen atoms in total. The summed E-state index contributed by atoms with van der Waals surface area (Å²) in [5.41, 5.74) is 6.34. The number of nitrogens with one attached hydrogen (secondary N) is 1. The maximum atomic E-state index is 13.0. The van der Waals surface area contributed by atoms with E-state index in [-0.39, 0.29) is 17.0 Å². The lowest BCUT2D eigenvalue weighted by atomic mass is 10.2. The fourth-order valence-electron chi connectivity index (χ4n) is 1.35. The van der Waals surface area contributed by atoms with Gasteiger partial charge in [-0.25, -0.2) is 8.78 Å². The van der Waals surface area contributed by atoms with Crippen molar-refractivity contribution in [2.75, 3.05) is 0 Å². The molecule has 1 heterocycles. The highest BCUT2D eigenvalue weighted by atomic mass is 79.9. The predicted octanol–water partition coefficient (Wildman–Crippen LogP) is -1.31. The van der Waals surface area contributed by atoms with Gasteiger partial charge in [0.05, 0.1) is 4.88 Å². The highest BCUT2D eigenvalue weighted by molar-refractivity contribution is 8.13. The minimum atomic E-state index is -0.859. The van der Waals surface area contributed by atoms with Crippen molar-refractivity contribution in [1.82, 2.24) is 0 Å². The minimum Gasteiger partial charge on any atom is -1.00 e. The van der Waals surface area contributed by atoms with Gasteiger partial charge >= 0.3 is 0 Å². The summed E-state index contributed by atoms with van der Waals surface area (Å²) < 4.78 is 25.8. The molecule has 0 bridgehead atoms. The number of hydrazone groups is 1. The molecule has 0 saturated carbocycles. The normalized spacial score (nSPS) is 11.6. The molecule has 0 aliphatic heterocycles. The molecule has 2 aromatic rings. The van der Waals surface area contributed by atoms with E-state index in [1.54, 1.807) is 17.6 Å². The van der Waals surface area contributed by atoms with E-state index >= 15 is 0 Å². The number of hydrogen-bond donors (Lipinski definition) is 2. The lowest BCUT2D eigenvalue weighted by Crippen LogP contribution is -3.00. The fourth-order valence-corrected chi connectivity index (χ4v) is 2.56. The second-order valence-electron chi connectivity index (χ2n) is 3.78. The zero-order valence-electron chi connectivity index (χ0n) is 10.7. The SMILES string of the molecule is N/C(=N\[NH+]=Cc1cccs1)SCc1ccc(F)c(F)c1.[Br-]. The van der Waals surface area contributed by atoms with E-state index < -0.39 is 11.6 Å². The Balaban J connectivity index is 0.00000220. The first-order valence-electron chi connectivity index (χ1n) is 5.67. The van der Waals surface area contributed by atoms with Gasteiger partial charge < -0.3 is 22.7 Å². The average Bonchev–Trinajstić information content (AvgIpc) is 2.93. The zero-order valence-corrected chi connectivity index (χ0v) is 13.9. The summed E-state index contributed by atoms with van der Waals surface area (Å²) >= 11 is 2.82. The molecule has 0 aliphatic rings. The first kappa shape index (κ1) is 17.8. The van der Waals surface area contributed by atoms with Crippen molar-refractivity contribution < 1.29 is 30.9 Å². The monoisotopic (exact) mass is 391 g/mol. The van der Waals surface area contributed by atoms with Crippen LogP contribution >= 0.6 is 23.1 Å². The zero-order chi connectivity index (χ0) is 14.4. The molecule has 1 aromatic heterocycles. The first-order chi connectivity index (χ1) is 9.65. The molecular formula is C13H12BrF2N3S2. The summed E-state index contributed by atoms with van der Waals surface area (Å²) in [6.07, 6.45) is 1.73. The quantitative estimate of drug-likeness (QED) is 0.386. The van der Waals surface area contributed by atoms with Crippen LogP contribution in [0.15, 0.2) is 40.8 Å². The molecule has 112 valence electrons. The third kappa shape index (κ3) is 5.94. The second kappa shape index (κ2) is 8.91. The van der Waals surface area contributed by atoms with E-state index in [4.69, 9.17) is 5.73 Å². The largest absolute Gasteiger partial charge is 1.00 e. The molecule has 2 rings (SSSR count). The van der Waals surface area contributed by atoms with Gasteiger partial charge in [0, 0.05) is 10.9 Å². The Labute approximate surface area is 139 Å². The van der Waals surface area contributed by atoms with Gasteiger partial charge in [0.25, 0.3) is 0 Å². The van der Waals surface area contributed by atoms with Crippen molar-refractivity contribution >= 4 is 34.5 Å². The van der Waals surface area contributed by atoms with Crippen molar-refractivity contribution in [2.45, 2.75) is 5.75 Å². The van der Waals surface area contributed by atoms with Gasteiger partial charge in [-0.1, -0.05) is 23.9 Å². The molecular weight excluding hydrogens is 380 g/mol. The van der Waals surface area contributed by atoms with Crippen molar-refractivity contribution in [3.8, 4) is 0 Å².